The monoisotopic (exact) mass is 686 g/mol. The molecule has 0 fully saturated rings. The number of methoxy groups -OCH3 is 1. The summed E-state index contributed by atoms with van der Waals surface area (Å²) in [6, 6.07) is 15.5. The highest BCUT2D eigenvalue weighted by atomic mass is 32.1. The summed E-state index contributed by atoms with van der Waals surface area (Å²) in [5, 5.41) is 19.4. The van der Waals surface area contributed by atoms with E-state index in [2.05, 4.69) is 20.9 Å². The number of aliphatic hydroxyl groups excluding tert-OH is 1. The number of carbonyl (C=O) groups excluding carboxylic acids is 4. The second-order valence-corrected chi connectivity index (χ2v) is 13.1. The molecule has 1 aliphatic heterocycles. The number of amides is 3. The molecule has 2 aromatic carbocycles. The SMILES string of the molecule is COC(=O)c1nc(C(=O)NCCCO)ccc1-c1cc2c(cc1C(=O)Nc1ccc(CNC(=O)OC(C)(C)C)cc1)-c1sccc1CCO2. The molecule has 0 bridgehead atoms. The van der Waals surface area contributed by atoms with Crippen LogP contribution in [0.1, 0.15) is 69.7 Å². The van der Waals surface area contributed by atoms with Crippen molar-refractivity contribution in [2.45, 2.75) is 45.8 Å². The Hall–Kier alpha value is -5.27. The van der Waals surface area contributed by atoms with Gasteiger partial charge in [0.05, 0.1) is 13.7 Å². The van der Waals surface area contributed by atoms with E-state index >= 15 is 0 Å². The maximum absolute atomic E-state index is 14.1. The molecule has 0 saturated heterocycles. The fourth-order valence-corrected chi connectivity index (χ4v) is 6.12. The van der Waals surface area contributed by atoms with Gasteiger partial charge in [-0.05, 0) is 86.2 Å². The Labute approximate surface area is 287 Å². The standard InChI is InChI=1S/C36H38N4O8S/c1-36(2,3)48-35(45)38-20-21-6-8-23(9-7-21)39-32(42)26-18-27-29(47-16-12-22-13-17-49-31(22)27)19-25(26)24-10-11-28(33(43)37-14-5-15-41)40-30(24)34(44)46-4/h6-11,13,17-19,41H,5,12,14-16,20H2,1-4H3,(H,37,43)(H,38,45)(H,39,42). The number of rotatable bonds is 10. The van der Waals surface area contributed by atoms with E-state index < -0.39 is 29.5 Å². The van der Waals surface area contributed by atoms with Gasteiger partial charge in [0.25, 0.3) is 11.8 Å². The van der Waals surface area contributed by atoms with Crippen LogP contribution in [0.4, 0.5) is 10.5 Å². The minimum Gasteiger partial charge on any atom is -0.493 e. The highest BCUT2D eigenvalue weighted by Gasteiger charge is 2.27. The molecule has 12 nitrogen and oxygen atoms in total. The molecule has 3 amide bonds. The van der Waals surface area contributed by atoms with Crippen molar-refractivity contribution in [1.29, 1.82) is 0 Å². The molecule has 0 radical (unpaired) electrons. The second-order valence-electron chi connectivity index (χ2n) is 12.2. The molecule has 0 atom stereocenters. The van der Waals surface area contributed by atoms with Crippen molar-refractivity contribution < 1.29 is 38.5 Å². The van der Waals surface area contributed by atoms with Gasteiger partial charge in [-0.15, -0.1) is 11.3 Å². The van der Waals surface area contributed by atoms with Crippen molar-refractivity contribution in [2.75, 3.05) is 32.2 Å². The summed E-state index contributed by atoms with van der Waals surface area (Å²) in [5.41, 5.74) is 3.22. The number of thiophene rings is 1. The van der Waals surface area contributed by atoms with Crippen LogP contribution >= 0.6 is 11.3 Å². The van der Waals surface area contributed by atoms with Crippen molar-refractivity contribution in [1.82, 2.24) is 15.6 Å². The molecular formula is C36H38N4O8S. The molecule has 49 heavy (non-hydrogen) atoms. The normalized spacial score (nSPS) is 12.0. The zero-order chi connectivity index (χ0) is 35.1. The fraction of sp³-hybridized carbons (Fsp3) is 0.306. The Morgan fingerprint density at radius 1 is 0.959 bits per heavy atom. The van der Waals surface area contributed by atoms with E-state index in [0.717, 1.165) is 21.6 Å². The smallest absolute Gasteiger partial charge is 0.407 e. The number of hydrogen-bond acceptors (Lipinski definition) is 10. The van der Waals surface area contributed by atoms with Crippen molar-refractivity contribution in [2.24, 2.45) is 0 Å². The lowest BCUT2D eigenvalue weighted by atomic mass is 9.93. The van der Waals surface area contributed by atoms with E-state index in [1.165, 1.54) is 13.2 Å². The first-order valence-corrected chi connectivity index (χ1v) is 16.6. The number of pyridine rings is 1. The van der Waals surface area contributed by atoms with Crippen LogP contribution in [0.2, 0.25) is 0 Å². The number of nitrogens with one attached hydrogen (secondary N) is 3. The average Bonchev–Trinajstić information content (AvgIpc) is 3.47. The predicted octanol–water partition coefficient (Wildman–Crippen LogP) is 5.59. The first-order valence-electron chi connectivity index (χ1n) is 15.7. The second kappa shape index (κ2) is 15.3. The van der Waals surface area contributed by atoms with Crippen LogP contribution in [0.15, 0.2) is 60.0 Å². The number of anilines is 1. The Morgan fingerprint density at radius 3 is 2.45 bits per heavy atom. The topological polar surface area (TPSA) is 165 Å². The molecule has 4 aromatic rings. The van der Waals surface area contributed by atoms with Crippen molar-refractivity contribution >= 4 is 40.9 Å². The van der Waals surface area contributed by atoms with E-state index in [1.54, 1.807) is 74.6 Å². The van der Waals surface area contributed by atoms with Gasteiger partial charge in [0.1, 0.15) is 17.0 Å². The highest BCUT2D eigenvalue weighted by molar-refractivity contribution is 7.13. The van der Waals surface area contributed by atoms with Crippen molar-refractivity contribution in [3.05, 3.63) is 88.1 Å². The molecular weight excluding hydrogens is 648 g/mol. The summed E-state index contributed by atoms with van der Waals surface area (Å²) in [5.74, 6) is -1.24. The third-order valence-corrected chi connectivity index (χ3v) is 8.44. The van der Waals surface area contributed by atoms with Gasteiger partial charge in [-0.2, -0.15) is 0 Å². The molecule has 1 aliphatic rings. The van der Waals surface area contributed by atoms with Crippen molar-refractivity contribution in [3.8, 4) is 27.3 Å². The average molecular weight is 687 g/mol. The molecule has 2 aromatic heterocycles. The van der Waals surface area contributed by atoms with Crippen LogP contribution in [0.3, 0.4) is 0 Å². The number of aromatic nitrogens is 1. The number of aliphatic hydroxyl groups is 1. The van der Waals surface area contributed by atoms with Crippen LogP contribution < -0.4 is 20.7 Å². The first-order chi connectivity index (χ1) is 23.5. The van der Waals surface area contributed by atoms with Crippen molar-refractivity contribution in [3.63, 3.8) is 0 Å². The minimum atomic E-state index is -0.793. The molecule has 256 valence electrons. The lowest BCUT2D eigenvalue weighted by Gasteiger charge is -2.19. The van der Waals surface area contributed by atoms with Gasteiger partial charge in [-0.3, -0.25) is 9.59 Å². The number of ether oxygens (including phenoxy) is 3. The molecule has 13 heteroatoms. The van der Waals surface area contributed by atoms with Gasteiger partial charge in [-0.1, -0.05) is 12.1 Å². The Bertz CT molecular complexity index is 1860. The molecule has 5 rings (SSSR count). The van der Waals surface area contributed by atoms with Gasteiger partial charge in [-0.25, -0.2) is 14.6 Å². The van der Waals surface area contributed by atoms with Crippen LogP contribution in [-0.2, 0) is 22.4 Å². The summed E-state index contributed by atoms with van der Waals surface area (Å²) in [4.78, 5) is 57.3. The molecule has 0 spiro atoms. The lowest BCUT2D eigenvalue weighted by molar-refractivity contribution is 0.0522. The number of alkyl carbamates (subject to hydrolysis) is 1. The molecule has 4 N–H and O–H groups in total. The zero-order valence-corrected chi connectivity index (χ0v) is 28.5. The summed E-state index contributed by atoms with van der Waals surface area (Å²) < 4.78 is 16.5. The molecule has 0 unspecified atom stereocenters. The number of hydrogen-bond donors (Lipinski definition) is 4. The van der Waals surface area contributed by atoms with E-state index in [-0.39, 0.29) is 42.2 Å². The highest BCUT2D eigenvalue weighted by Crippen LogP contribution is 2.43. The van der Waals surface area contributed by atoms with Crippen LogP contribution in [0, 0.1) is 0 Å². The summed E-state index contributed by atoms with van der Waals surface area (Å²) in [6.07, 6.45) is 0.516. The molecule has 0 aliphatic carbocycles. The van der Waals surface area contributed by atoms with Crippen LogP contribution in [0.5, 0.6) is 5.75 Å². The third-order valence-electron chi connectivity index (χ3n) is 7.45. The number of esters is 1. The number of carbonyl (C=O) groups is 4. The van der Waals surface area contributed by atoms with Gasteiger partial charge < -0.3 is 35.3 Å². The lowest BCUT2D eigenvalue weighted by Crippen LogP contribution is -2.32. The van der Waals surface area contributed by atoms with E-state index in [1.807, 2.05) is 11.4 Å². The largest absolute Gasteiger partial charge is 0.493 e. The Kier molecular flexibility index (Phi) is 10.9. The number of benzene rings is 2. The molecule has 3 heterocycles. The van der Waals surface area contributed by atoms with Gasteiger partial charge in [0, 0.05) is 58.9 Å². The Morgan fingerprint density at radius 2 is 1.73 bits per heavy atom. The third kappa shape index (κ3) is 8.61. The van der Waals surface area contributed by atoms with E-state index in [4.69, 9.17) is 19.3 Å². The van der Waals surface area contributed by atoms with Crippen LogP contribution in [-0.4, -0.2) is 66.4 Å². The van der Waals surface area contributed by atoms with Crippen LogP contribution in [0.25, 0.3) is 21.6 Å². The van der Waals surface area contributed by atoms with Gasteiger partial charge in [0.15, 0.2) is 5.69 Å². The first kappa shape index (κ1) is 35.0. The number of fused-ring (bicyclic) bond motifs is 3. The molecule has 0 saturated carbocycles. The van der Waals surface area contributed by atoms with Gasteiger partial charge >= 0.3 is 12.1 Å². The fourth-order valence-electron chi connectivity index (χ4n) is 5.15. The van der Waals surface area contributed by atoms with Gasteiger partial charge in [0.2, 0.25) is 0 Å². The summed E-state index contributed by atoms with van der Waals surface area (Å²) in [6.45, 7) is 6.16. The predicted molar refractivity (Wildman–Crippen MR) is 185 cm³/mol. The Balaban J connectivity index is 1.51. The summed E-state index contributed by atoms with van der Waals surface area (Å²) >= 11 is 1.55. The maximum Gasteiger partial charge on any atom is 0.407 e. The van der Waals surface area contributed by atoms with E-state index in [0.29, 0.717) is 36.4 Å². The quantitative estimate of drug-likeness (QED) is 0.123. The van der Waals surface area contributed by atoms with E-state index in [9.17, 15) is 19.2 Å². The zero-order valence-electron chi connectivity index (χ0n) is 27.7. The minimum absolute atomic E-state index is 0.0245. The maximum atomic E-state index is 14.1. The summed E-state index contributed by atoms with van der Waals surface area (Å²) in [7, 11) is 1.21. The number of nitrogens with zero attached hydrogens (tertiary/aromatic N) is 1.